The summed E-state index contributed by atoms with van der Waals surface area (Å²) < 4.78 is 81.3. The molecule has 0 saturated carbocycles. The predicted molar refractivity (Wildman–Crippen MR) is 110 cm³/mol. The van der Waals surface area contributed by atoms with Gasteiger partial charge in [0.15, 0.2) is 0 Å². The van der Waals surface area contributed by atoms with Crippen molar-refractivity contribution in [1.29, 1.82) is 0 Å². The minimum Gasteiger partial charge on any atom is -0.478 e. The summed E-state index contributed by atoms with van der Waals surface area (Å²) in [5.41, 5.74) is -1.48. The third-order valence-corrected chi connectivity index (χ3v) is 5.86. The van der Waals surface area contributed by atoms with E-state index in [2.05, 4.69) is 9.71 Å². The average Bonchev–Trinajstić information content (AvgIpc) is 2.73. The van der Waals surface area contributed by atoms with Gasteiger partial charge in [-0.15, -0.1) is 0 Å². The summed E-state index contributed by atoms with van der Waals surface area (Å²) in [6.45, 7) is -0.246. The van der Waals surface area contributed by atoms with Crippen LogP contribution in [-0.4, -0.2) is 51.8 Å². The molecule has 0 atom stereocenters. The van der Waals surface area contributed by atoms with Gasteiger partial charge in [-0.25, -0.2) is 13.1 Å². The van der Waals surface area contributed by atoms with Crippen molar-refractivity contribution >= 4 is 27.3 Å². The molecule has 0 unspecified atom stereocenters. The van der Waals surface area contributed by atoms with Crippen LogP contribution < -0.4 is 14.2 Å². The lowest BCUT2D eigenvalue weighted by Gasteiger charge is -2.13. The van der Waals surface area contributed by atoms with Gasteiger partial charge in [0, 0.05) is 37.9 Å². The van der Waals surface area contributed by atoms with Crippen molar-refractivity contribution in [3.63, 3.8) is 0 Å². The third kappa shape index (κ3) is 7.99. The van der Waals surface area contributed by atoms with Crippen LogP contribution in [0.1, 0.15) is 12.0 Å². The average molecular weight is 514 g/mol. The maximum absolute atomic E-state index is 13.1. The largest absolute Gasteiger partial charge is 0.478 e. The zero-order valence-corrected chi connectivity index (χ0v) is 18.7. The number of nitrogens with one attached hydrogen (secondary N) is 1. The molecule has 1 N–H and O–H groups in total. The first-order valence-corrected chi connectivity index (χ1v) is 11.1. The third-order valence-electron chi connectivity index (χ3n) is 3.92. The lowest BCUT2D eigenvalue weighted by molar-refractivity contribution is -0.385. The smallest absolute Gasteiger partial charge is 0.416 e. The zero-order valence-electron chi connectivity index (χ0n) is 17.1. The van der Waals surface area contributed by atoms with Crippen molar-refractivity contribution in [2.75, 3.05) is 33.5 Å². The summed E-state index contributed by atoms with van der Waals surface area (Å²) >= 11 is 5.83. The quantitative estimate of drug-likeness (QED) is 0.259. The Bertz CT molecular complexity index is 1080. The van der Waals surface area contributed by atoms with E-state index in [0.717, 1.165) is 24.3 Å². The number of nitro benzene ring substituents is 1. The fourth-order valence-electron chi connectivity index (χ4n) is 2.37. The Morgan fingerprint density at radius 3 is 2.33 bits per heavy atom. The van der Waals surface area contributed by atoms with E-state index in [0.29, 0.717) is 6.07 Å². The Labute approximate surface area is 191 Å². The summed E-state index contributed by atoms with van der Waals surface area (Å²) in [5, 5.41) is 10.6. The highest BCUT2D eigenvalue weighted by Gasteiger charge is 2.32. The van der Waals surface area contributed by atoms with Crippen LogP contribution in [-0.2, 0) is 20.9 Å². The van der Waals surface area contributed by atoms with E-state index >= 15 is 0 Å². The van der Waals surface area contributed by atoms with E-state index in [1.807, 2.05) is 0 Å². The highest BCUT2D eigenvalue weighted by molar-refractivity contribution is 7.89. The monoisotopic (exact) mass is 513 g/mol. The fourth-order valence-corrected chi connectivity index (χ4v) is 3.96. The topological polar surface area (TPSA) is 130 Å². The molecule has 15 heteroatoms. The molecule has 10 nitrogen and oxygen atoms in total. The van der Waals surface area contributed by atoms with Crippen molar-refractivity contribution in [1.82, 2.24) is 9.71 Å². The van der Waals surface area contributed by atoms with Crippen molar-refractivity contribution < 1.29 is 40.7 Å². The van der Waals surface area contributed by atoms with Crippen molar-refractivity contribution in [2.24, 2.45) is 0 Å². The van der Waals surface area contributed by atoms with E-state index < -0.39 is 37.3 Å². The SMILES string of the molecule is COCCOc1cc(C(F)(F)F)cc(OCCCNS(=O)(=O)c2cc([N+](=O)[O-])ccc2Cl)n1. The van der Waals surface area contributed by atoms with Gasteiger partial charge in [0.25, 0.3) is 5.69 Å². The second-order valence-corrected chi connectivity index (χ2v) is 8.49. The number of nitro groups is 1. The Morgan fingerprint density at radius 2 is 1.76 bits per heavy atom. The molecule has 2 aromatic rings. The summed E-state index contributed by atoms with van der Waals surface area (Å²) in [5.74, 6) is -0.667. The van der Waals surface area contributed by atoms with E-state index in [-0.39, 0.29) is 49.6 Å². The number of halogens is 4. The Hall–Kier alpha value is -2.68. The maximum Gasteiger partial charge on any atom is 0.416 e. The first-order chi connectivity index (χ1) is 15.4. The molecule has 0 aliphatic rings. The van der Waals surface area contributed by atoms with Crippen molar-refractivity contribution in [2.45, 2.75) is 17.5 Å². The van der Waals surface area contributed by atoms with Gasteiger partial charge in [-0.3, -0.25) is 10.1 Å². The number of sulfonamides is 1. The van der Waals surface area contributed by atoms with Crippen LogP contribution in [0, 0.1) is 10.1 Å². The molecule has 0 aliphatic heterocycles. The summed E-state index contributed by atoms with van der Waals surface area (Å²) in [4.78, 5) is 13.4. The predicted octanol–water partition coefficient (Wildman–Crippen LogP) is 3.43. The number of benzene rings is 1. The van der Waals surface area contributed by atoms with Gasteiger partial charge in [-0.2, -0.15) is 18.2 Å². The highest BCUT2D eigenvalue weighted by atomic mass is 35.5. The van der Waals surface area contributed by atoms with Gasteiger partial charge in [0.1, 0.15) is 11.5 Å². The van der Waals surface area contributed by atoms with Crippen LogP contribution >= 0.6 is 11.6 Å². The molecule has 0 bridgehead atoms. The van der Waals surface area contributed by atoms with Gasteiger partial charge in [-0.05, 0) is 12.5 Å². The zero-order chi connectivity index (χ0) is 24.6. The standard InChI is InChI=1S/C18H19ClF3N3O7S/c1-30-7-8-32-17-10-12(18(20,21)22)9-16(24-17)31-6-2-5-23-33(28,29)15-11-13(25(26)27)3-4-14(15)19/h3-4,9-11,23H,2,5-8H2,1H3. The van der Waals surface area contributed by atoms with Crippen LogP contribution in [0.25, 0.3) is 0 Å². The number of rotatable bonds is 12. The molecule has 2 rings (SSSR count). The van der Waals surface area contributed by atoms with E-state index in [1.54, 1.807) is 0 Å². The van der Waals surface area contributed by atoms with Crippen molar-refractivity contribution in [3.05, 3.63) is 51.0 Å². The number of pyridine rings is 1. The molecule has 182 valence electrons. The van der Waals surface area contributed by atoms with E-state index in [1.165, 1.54) is 7.11 Å². The number of ether oxygens (including phenoxy) is 3. The van der Waals surface area contributed by atoms with Crippen LogP contribution in [0.2, 0.25) is 5.02 Å². The normalized spacial score (nSPS) is 11.9. The number of methoxy groups -OCH3 is 1. The Kier molecular flexibility index (Phi) is 9.22. The number of nitrogens with zero attached hydrogens (tertiary/aromatic N) is 2. The van der Waals surface area contributed by atoms with E-state index in [4.69, 9.17) is 25.8 Å². The lowest BCUT2D eigenvalue weighted by Crippen LogP contribution is -2.26. The second kappa shape index (κ2) is 11.4. The van der Waals surface area contributed by atoms with Gasteiger partial charge in [-0.1, -0.05) is 11.6 Å². The number of aromatic nitrogens is 1. The van der Waals surface area contributed by atoms with Gasteiger partial charge in [0.05, 0.1) is 28.7 Å². The Balaban J connectivity index is 1.98. The molecule has 1 aromatic carbocycles. The number of hydrogen-bond donors (Lipinski definition) is 1. The van der Waals surface area contributed by atoms with Gasteiger partial charge in [0.2, 0.25) is 21.8 Å². The van der Waals surface area contributed by atoms with Gasteiger partial charge < -0.3 is 14.2 Å². The lowest BCUT2D eigenvalue weighted by atomic mass is 10.2. The molecule has 1 aromatic heterocycles. The van der Waals surface area contributed by atoms with Crippen molar-refractivity contribution in [3.8, 4) is 11.8 Å². The maximum atomic E-state index is 13.1. The molecular weight excluding hydrogens is 495 g/mol. The molecule has 1 heterocycles. The minimum atomic E-state index is -4.66. The molecule has 0 radical (unpaired) electrons. The highest BCUT2D eigenvalue weighted by Crippen LogP contribution is 2.33. The molecule has 0 amide bonds. The minimum absolute atomic E-state index is 0.0216. The summed E-state index contributed by atoms with van der Waals surface area (Å²) in [6, 6.07) is 4.38. The first kappa shape index (κ1) is 26.6. The molecule has 0 spiro atoms. The van der Waals surface area contributed by atoms with Gasteiger partial charge >= 0.3 is 6.18 Å². The van der Waals surface area contributed by atoms with Crippen LogP contribution in [0.15, 0.2) is 35.2 Å². The van der Waals surface area contributed by atoms with Crippen LogP contribution in [0.4, 0.5) is 18.9 Å². The molecule has 33 heavy (non-hydrogen) atoms. The Morgan fingerprint density at radius 1 is 1.12 bits per heavy atom. The number of alkyl halides is 3. The van der Waals surface area contributed by atoms with E-state index in [9.17, 15) is 31.7 Å². The number of hydrogen-bond acceptors (Lipinski definition) is 8. The molecule has 0 aliphatic carbocycles. The summed E-state index contributed by atoms with van der Waals surface area (Å²) in [6.07, 6.45) is -4.61. The molecule has 0 saturated heterocycles. The molecule has 0 fully saturated rings. The molecular formula is C18H19ClF3N3O7S. The number of non-ortho nitro benzene ring substituents is 1. The first-order valence-electron chi connectivity index (χ1n) is 9.21. The van der Waals surface area contributed by atoms with Crippen LogP contribution in [0.5, 0.6) is 11.8 Å². The second-order valence-electron chi connectivity index (χ2n) is 6.34. The fraction of sp³-hybridized carbons (Fsp3) is 0.389. The van der Waals surface area contributed by atoms with Crippen LogP contribution in [0.3, 0.4) is 0 Å². The summed E-state index contributed by atoms with van der Waals surface area (Å²) in [7, 11) is -2.77.